The number of amides is 1. The fraction of sp³-hybridized carbons (Fsp3) is 0.222. The molecule has 7 nitrogen and oxygen atoms in total. The summed E-state index contributed by atoms with van der Waals surface area (Å²) in [6, 6.07) is 11.5. The first-order chi connectivity index (χ1) is 12.8. The van der Waals surface area contributed by atoms with Crippen molar-refractivity contribution in [3.63, 3.8) is 0 Å². The van der Waals surface area contributed by atoms with Gasteiger partial charge < -0.3 is 4.74 Å². The zero-order chi connectivity index (χ0) is 19.6. The fourth-order valence-corrected chi connectivity index (χ4v) is 4.58. The van der Waals surface area contributed by atoms with Crippen LogP contribution >= 0.6 is 11.3 Å². The van der Waals surface area contributed by atoms with Gasteiger partial charge in [0.05, 0.1) is 22.2 Å². The number of methoxy groups -OCH3 is 1. The minimum Gasteiger partial charge on any atom is -0.497 e. The standard InChI is InChI=1S/C18H19N3O4S2/c1-4-21(2)27(23,24)14-8-9-15-16(11-14)26-18(19-15)20-17(22)12-6-5-7-13(10-12)25-3/h5-11H,4H2,1-3H3,(H,19,20,22). The zero-order valence-electron chi connectivity index (χ0n) is 15.1. The third kappa shape index (κ3) is 3.95. The van der Waals surface area contributed by atoms with Crippen LogP contribution in [0.5, 0.6) is 5.75 Å². The van der Waals surface area contributed by atoms with E-state index in [1.807, 2.05) is 0 Å². The highest BCUT2D eigenvalue weighted by Crippen LogP contribution is 2.29. The summed E-state index contributed by atoms with van der Waals surface area (Å²) in [5.74, 6) is 0.272. The number of nitrogens with one attached hydrogen (secondary N) is 1. The average Bonchev–Trinajstić information content (AvgIpc) is 3.08. The first kappa shape index (κ1) is 19.3. The molecule has 1 aromatic heterocycles. The summed E-state index contributed by atoms with van der Waals surface area (Å²) < 4.78 is 32.0. The molecule has 27 heavy (non-hydrogen) atoms. The maximum absolute atomic E-state index is 12.5. The van der Waals surface area contributed by atoms with Gasteiger partial charge in [-0.3, -0.25) is 10.1 Å². The van der Waals surface area contributed by atoms with Crippen molar-refractivity contribution in [3.05, 3.63) is 48.0 Å². The van der Waals surface area contributed by atoms with Crippen LogP contribution < -0.4 is 10.1 Å². The number of rotatable bonds is 6. The third-order valence-electron chi connectivity index (χ3n) is 4.07. The van der Waals surface area contributed by atoms with Crippen LogP contribution in [-0.4, -0.2) is 44.3 Å². The number of thiazole rings is 1. The Morgan fingerprint density at radius 1 is 1.26 bits per heavy atom. The van der Waals surface area contributed by atoms with Gasteiger partial charge in [0.2, 0.25) is 10.0 Å². The normalized spacial score (nSPS) is 11.7. The lowest BCUT2D eigenvalue weighted by molar-refractivity contribution is 0.102. The van der Waals surface area contributed by atoms with Crippen LogP contribution in [0.2, 0.25) is 0 Å². The van der Waals surface area contributed by atoms with E-state index in [0.717, 1.165) is 0 Å². The van der Waals surface area contributed by atoms with Gasteiger partial charge in [-0.2, -0.15) is 0 Å². The highest BCUT2D eigenvalue weighted by Gasteiger charge is 2.20. The van der Waals surface area contributed by atoms with Crippen LogP contribution in [-0.2, 0) is 10.0 Å². The Morgan fingerprint density at radius 2 is 2.04 bits per heavy atom. The van der Waals surface area contributed by atoms with E-state index in [-0.39, 0.29) is 10.8 Å². The molecule has 3 aromatic rings. The van der Waals surface area contributed by atoms with Crippen LogP contribution in [0.1, 0.15) is 17.3 Å². The van der Waals surface area contributed by atoms with Gasteiger partial charge in [-0.05, 0) is 36.4 Å². The van der Waals surface area contributed by atoms with Gasteiger partial charge in [-0.15, -0.1) is 0 Å². The molecule has 0 spiro atoms. The molecule has 0 bridgehead atoms. The van der Waals surface area contributed by atoms with Gasteiger partial charge in [-0.25, -0.2) is 17.7 Å². The van der Waals surface area contributed by atoms with Crippen LogP contribution in [0.3, 0.4) is 0 Å². The molecule has 2 aromatic carbocycles. The monoisotopic (exact) mass is 405 g/mol. The Kier molecular flexibility index (Phi) is 5.45. The highest BCUT2D eigenvalue weighted by atomic mass is 32.2. The summed E-state index contributed by atoms with van der Waals surface area (Å²) in [5, 5.41) is 3.14. The minimum absolute atomic E-state index is 0.202. The van der Waals surface area contributed by atoms with Gasteiger partial charge >= 0.3 is 0 Å². The van der Waals surface area contributed by atoms with Crippen molar-refractivity contribution in [3.8, 4) is 5.75 Å². The molecule has 1 N–H and O–H groups in total. The Bertz CT molecular complexity index is 1090. The van der Waals surface area contributed by atoms with Crippen LogP contribution in [0.15, 0.2) is 47.4 Å². The number of nitrogens with zero attached hydrogens (tertiary/aromatic N) is 2. The number of carbonyl (C=O) groups is 1. The predicted octanol–water partition coefficient (Wildman–Crippen LogP) is 3.20. The van der Waals surface area contributed by atoms with Gasteiger partial charge in [0.1, 0.15) is 5.75 Å². The van der Waals surface area contributed by atoms with Crippen molar-refractivity contribution >= 4 is 42.6 Å². The zero-order valence-corrected chi connectivity index (χ0v) is 16.7. The van der Waals surface area contributed by atoms with Crippen LogP contribution in [0.4, 0.5) is 5.13 Å². The third-order valence-corrected chi connectivity index (χ3v) is 6.93. The van der Waals surface area contributed by atoms with Gasteiger partial charge in [0.25, 0.3) is 5.91 Å². The van der Waals surface area contributed by atoms with Crippen molar-refractivity contribution in [2.75, 3.05) is 26.0 Å². The molecule has 3 rings (SSSR count). The highest BCUT2D eigenvalue weighted by molar-refractivity contribution is 7.89. The molecule has 9 heteroatoms. The summed E-state index contributed by atoms with van der Waals surface area (Å²) in [7, 11) is -0.466. The average molecular weight is 406 g/mol. The number of fused-ring (bicyclic) bond motifs is 1. The fourth-order valence-electron chi connectivity index (χ4n) is 2.40. The smallest absolute Gasteiger partial charge is 0.257 e. The maximum Gasteiger partial charge on any atom is 0.257 e. The van der Waals surface area contributed by atoms with E-state index in [9.17, 15) is 13.2 Å². The Hall–Kier alpha value is -2.49. The molecule has 0 aliphatic heterocycles. The molecule has 0 fully saturated rings. The molecule has 0 atom stereocenters. The SMILES string of the molecule is CCN(C)S(=O)(=O)c1ccc2nc(NC(=O)c3cccc(OC)c3)sc2c1. The Balaban J connectivity index is 1.87. The molecule has 0 aliphatic rings. The number of ether oxygens (including phenoxy) is 1. The second-order valence-corrected chi connectivity index (χ2v) is 8.83. The number of anilines is 1. The van der Waals surface area contributed by atoms with Crippen LogP contribution in [0.25, 0.3) is 10.2 Å². The molecule has 0 saturated heterocycles. The molecule has 1 heterocycles. The molecular weight excluding hydrogens is 386 g/mol. The second kappa shape index (κ2) is 7.63. The van der Waals surface area contributed by atoms with Gasteiger partial charge in [0, 0.05) is 19.2 Å². The van der Waals surface area contributed by atoms with E-state index < -0.39 is 10.0 Å². The molecule has 0 saturated carbocycles. The molecule has 142 valence electrons. The number of aromatic nitrogens is 1. The van der Waals surface area contributed by atoms with E-state index in [4.69, 9.17) is 4.74 Å². The van der Waals surface area contributed by atoms with Gasteiger partial charge in [0.15, 0.2) is 5.13 Å². The van der Waals surface area contributed by atoms with Crippen molar-refractivity contribution in [1.82, 2.24) is 9.29 Å². The van der Waals surface area contributed by atoms with E-state index >= 15 is 0 Å². The number of benzene rings is 2. The molecule has 1 amide bonds. The van der Waals surface area contributed by atoms with E-state index in [2.05, 4.69) is 10.3 Å². The summed E-state index contributed by atoms with van der Waals surface area (Å²) in [6.45, 7) is 2.15. The number of hydrogen-bond acceptors (Lipinski definition) is 6. The number of sulfonamides is 1. The lowest BCUT2D eigenvalue weighted by Crippen LogP contribution is -2.26. The second-order valence-electron chi connectivity index (χ2n) is 5.75. The molecule has 0 radical (unpaired) electrons. The molecule has 0 unspecified atom stereocenters. The quantitative estimate of drug-likeness (QED) is 0.680. The van der Waals surface area contributed by atoms with Crippen molar-refractivity contribution in [2.24, 2.45) is 0 Å². The van der Waals surface area contributed by atoms with E-state index in [0.29, 0.717) is 33.2 Å². The Labute approximate surface area is 161 Å². The summed E-state index contributed by atoms with van der Waals surface area (Å²) in [5.41, 5.74) is 1.07. The predicted molar refractivity (Wildman–Crippen MR) is 106 cm³/mol. The minimum atomic E-state index is -3.53. The number of hydrogen-bond donors (Lipinski definition) is 1. The summed E-state index contributed by atoms with van der Waals surface area (Å²) in [6.07, 6.45) is 0. The molecule has 0 aliphatic carbocycles. The van der Waals surface area contributed by atoms with E-state index in [1.54, 1.807) is 43.3 Å². The number of carbonyl (C=O) groups excluding carboxylic acids is 1. The van der Waals surface area contributed by atoms with Crippen molar-refractivity contribution < 1.29 is 17.9 Å². The topological polar surface area (TPSA) is 88.6 Å². The van der Waals surface area contributed by atoms with Crippen molar-refractivity contribution in [1.29, 1.82) is 0 Å². The van der Waals surface area contributed by atoms with Crippen LogP contribution in [0, 0.1) is 0 Å². The first-order valence-electron chi connectivity index (χ1n) is 8.17. The largest absolute Gasteiger partial charge is 0.497 e. The lowest BCUT2D eigenvalue weighted by atomic mass is 10.2. The first-order valence-corrected chi connectivity index (χ1v) is 10.4. The van der Waals surface area contributed by atoms with E-state index in [1.165, 1.54) is 35.9 Å². The van der Waals surface area contributed by atoms with Gasteiger partial charge in [-0.1, -0.05) is 24.3 Å². The summed E-state index contributed by atoms with van der Waals surface area (Å²) in [4.78, 5) is 17.0. The maximum atomic E-state index is 12.5. The van der Waals surface area contributed by atoms with Crippen molar-refractivity contribution in [2.45, 2.75) is 11.8 Å². The lowest BCUT2D eigenvalue weighted by Gasteiger charge is -2.14. The summed E-state index contributed by atoms with van der Waals surface area (Å²) >= 11 is 1.22. The molecular formula is C18H19N3O4S2. The Morgan fingerprint density at radius 3 is 2.74 bits per heavy atom.